The van der Waals surface area contributed by atoms with E-state index in [0.717, 1.165) is 44.9 Å². The number of phosphoric ester groups is 1. The van der Waals surface area contributed by atoms with Crippen LogP contribution in [-0.4, -0.2) is 69.0 Å². The molecular formula is C48H95NO7P+. The highest BCUT2D eigenvalue weighted by atomic mass is 31.2. The predicted octanol–water partition coefficient (Wildman–Crippen LogP) is 14.7. The van der Waals surface area contributed by atoms with Crippen molar-refractivity contribution in [2.24, 2.45) is 0 Å². The van der Waals surface area contributed by atoms with Gasteiger partial charge in [0.05, 0.1) is 34.0 Å². The maximum atomic E-state index is 12.5. The number of likely N-dealkylation sites (N-methyl/N-ethyl adjacent to an activating group) is 1. The monoisotopic (exact) mass is 829 g/mol. The molecule has 0 heterocycles. The van der Waals surface area contributed by atoms with Crippen molar-refractivity contribution in [1.82, 2.24) is 0 Å². The van der Waals surface area contributed by atoms with E-state index in [1.54, 1.807) is 6.26 Å². The lowest BCUT2D eigenvalue weighted by atomic mass is 10.0. The molecule has 0 aromatic rings. The van der Waals surface area contributed by atoms with Crippen LogP contribution in [-0.2, 0) is 27.9 Å². The summed E-state index contributed by atoms with van der Waals surface area (Å²) in [6, 6.07) is 0. The smallest absolute Gasteiger partial charge is 0.472 e. The molecule has 0 amide bonds. The maximum Gasteiger partial charge on any atom is 0.472 e. The lowest BCUT2D eigenvalue weighted by Crippen LogP contribution is -2.37. The third-order valence-corrected chi connectivity index (χ3v) is 11.6. The fourth-order valence-electron chi connectivity index (χ4n) is 6.77. The zero-order chi connectivity index (χ0) is 42.0. The average Bonchev–Trinajstić information content (AvgIpc) is 3.17. The molecule has 0 radical (unpaired) electrons. The van der Waals surface area contributed by atoms with Gasteiger partial charge in [0.1, 0.15) is 19.8 Å². The molecule has 9 heteroatoms. The molecular weight excluding hydrogens is 734 g/mol. The van der Waals surface area contributed by atoms with Crippen LogP contribution in [0.25, 0.3) is 0 Å². The Labute approximate surface area is 353 Å². The van der Waals surface area contributed by atoms with Gasteiger partial charge >= 0.3 is 13.8 Å². The summed E-state index contributed by atoms with van der Waals surface area (Å²) in [7, 11) is 1.68. The molecule has 0 aliphatic heterocycles. The zero-order valence-corrected chi connectivity index (χ0v) is 39.2. The summed E-state index contributed by atoms with van der Waals surface area (Å²) in [4.78, 5) is 22.7. The van der Waals surface area contributed by atoms with Gasteiger partial charge in [-0.3, -0.25) is 13.8 Å². The minimum absolute atomic E-state index is 0.0481. The van der Waals surface area contributed by atoms with Crippen LogP contribution in [0.5, 0.6) is 0 Å². The van der Waals surface area contributed by atoms with E-state index >= 15 is 0 Å². The summed E-state index contributed by atoms with van der Waals surface area (Å²) in [5.74, 6) is -0.275. The van der Waals surface area contributed by atoms with Gasteiger partial charge < -0.3 is 18.9 Å². The lowest BCUT2D eigenvalue weighted by molar-refractivity contribution is -0.870. The van der Waals surface area contributed by atoms with Crippen molar-refractivity contribution in [3.8, 4) is 0 Å². The summed E-state index contributed by atoms with van der Waals surface area (Å²) in [5.41, 5.74) is 0. The second-order valence-electron chi connectivity index (χ2n) is 17.6. The lowest BCUT2D eigenvalue weighted by Gasteiger charge is -2.24. The first-order valence-electron chi connectivity index (χ1n) is 24.1. The van der Waals surface area contributed by atoms with E-state index in [2.05, 4.69) is 26.0 Å². The molecule has 0 aromatic carbocycles. The van der Waals surface area contributed by atoms with Crippen molar-refractivity contribution in [3.63, 3.8) is 0 Å². The van der Waals surface area contributed by atoms with E-state index in [1.807, 2.05) is 27.2 Å². The van der Waals surface area contributed by atoms with E-state index in [1.165, 1.54) is 161 Å². The number of unbranched alkanes of at least 4 members (excludes halogenated alkanes) is 29. The van der Waals surface area contributed by atoms with Crippen LogP contribution in [0.15, 0.2) is 24.5 Å². The molecule has 0 aliphatic rings. The van der Waals surface area contributed by atoms with Crippen LogP contribution in [0, 0.1) is 0 Å². The molecule has 0 saturated heterocycles. The Morgan fingerprint density at radius 3 is 1.35 bits per heavy atom. The number of nitrogens with zero attached hydrogens (tertiary/aromatic N) is 1. The molecule has 0 fully saturated rings. The van der Waals surface area contributed by atoms with Crippen molar-refractivity contribution < 1.29 is 37.3 Å². The van der Waals surface area contributed by atoms with Crippen LogP contribution >= 0.6 is 7.82 Å². The van der Waals surface area contributed by atoms with Gasteiger partial charge in [0.2, 0.25) is 0 Å². The Balaban J connectivity index is 4.19. The molecule has 0 saturated carbocycles. The normalized spacial score (nSPS) is 13.8. The first kappa shape index (κ1) is 55.8. The third-order valence-electron chi connectivity index (χ3n) is 10.6. The van der Waals surface area contributed by atoms with E-state index in [9.17, 15) is 14.3 Å². The Bertz CT molecular complexity index is 967. The highest BCUT2D eigenvalue weighted by molar-refractivity contribution is 7.47. The molecule has 1 N–H and O–H groups in total. The molecule has 0 bridgehead atoms. The van der Waals surface area contributed by atoms with Gasteiger partial charge in [-0.2, -0.15) is 0 Å². The number of esters is 1. The van der Waals surface area contributed by atoms with Gasteiger partial charge in [-0.05, 0) is 51.0 Å². The van der Waals surface area contributed by atoms with Crippen molar-refractivity contribution in [3.05, 3.63) is 24.5 Å². The van der Waals surface area contributed by atoms with Gasteiger partial charge in [0, 0.05) is 6.42 Å². The zero-order valence-electron chi connectivity index (χ0n) is 38.3. The molecule has 57 heavy (non-hydrogen) atoms. The maximum absolute atomic E-state index is 12.5. The SMILES string of the molecule is CCCCCCCC/C=C\CCCCCC/C=C\OC(COC(=O)CCCCCCCCCCCCCCCCCCCCC)COP(=O)(O)OCC[N+](C)(C)C. The third kappa shape index (κ3) is 45.7. The summed E-state index contributed by atoms with van der Waals surface area (Å²) in [5, 5.41) is 0. The van der Waals surface area contributed by atoms with Crippen LogP contribution in [0.2, 0.25) is 0 Å². The Hall–Kier alpha value is -1.18. The molecule has 0 spiro atoms. The van der Waals surface area contributed by atoms with Gasteiger partial charge in [-0.25, -0.2) is 4.57 Å². The first-order valence-corrected chi connectivity index (χ1v) is 25.6. The Kier molecular flexibility index (Phi) is 40.7. The fourth-order valence-corrected chi connectivity index (χ4v) is 7.51. The second-order valence-corrected chi connectivity index (χ2v) is 19.0. The number of hydrogen-bond donors (Lipinski definition) is 1. The number of allylic oxidation sites excluding steroid dienone is 3. The summed E-state index contributed by atoms with van der Waals surface area (Å²) >= 11 is 0. The Morgan fingerprint density at radius 2 is 0.930 bits per heavy atom. The molecule has 2 unspecified atom stereocenters. The van der Waals surface area contributed by atoms with E-state index in [-0.39, 0.29) is 25.8 Å². The van der Waals surface area contributed by atoms with E-state index < -0.39 is 13.9 Å². The van der Waals surface area contributed by atoms with Crippen molar-refractivity contribution in [2.75, 3.05) is 47.5 Å². The highest BCUT2D eigenvalue weighted by Gasteiger charge is 2.25. The molecule has 8 nitrogen and oxygen atoms in total. The largest absolute Gasteiger partial charge is 0.492 e. The van der Waals surface area contributed by atoms with Crippen molar-refractivity contribution in [2.45, 2.75) is 232 Å². The summed E-state index contributed by atoms with van der Waals surface area (Å²) in [6.45, 7) is 4.92. The molecule has 0 aliphatic carbocycles. The van der Waals surface area contributed by atoms with Crippen LogP contribution < -0.4 is 0 Å². The number of phosphoric acid groups is 1. The van der Waals surface area contributed by atoms with Gasteiger partial charge in [-0.15, -0.1) is 0 Å². The summed E-state index contributed by atoms with van der Waals surface area (Å²) < 4.78 is 34.8. The molecule has 0 rings (SSSR count). The number of hydrogen-bond acceptors (Lipinski definition) is 6. The van der Waals surface area contributed by atoms with Crippen LogP contribution in [0.4, 0.5) is 0 Å². The van der Waals surface area contributed by atoms with Crippen LogP contribution in [0.1, 0.15) is 226 Å². The van der Waals surface area contributed by atoms with Crippen molar-refractivity contribution in [1.29, 1.82) is 0 Å². The molecule has 0 aromatic heterocycles. The quantitative estimate of drug-likeness (QED) is 0.0163. The topological polar surface area (TPSA) is 91.3 Å². The summed E-state index contributed by atoms with van der Waals surface area (Å²) in [6.07, 6.45) is 48.9. The predicted molar refractivity (Wildman–Crippen MR) is 242 cm³/mol. The number of quaternary nitrogens is 1. The number of rotatable bonds is 45. The first-order chi connectivity index (χ1) is 27.6. The van der Waals surface area contributed by atoms with Gasteiger partial charge in [-0.1, -0.05) is 187 Å². The number of ether oxygens (including phenoxy) is 2. The standard InChI is InChI=1S/C48H94NO7P/c1-6-8-10-12-14-16-18-20-22-24-25-26-27-29-31-33-35-37-39-41-48(50)54-45-47(46-56-57(51,52)55-44-42-49(3,4)5)53-43-40-38-36-34-32-30-28-23-21-19-17-15-13-11-9-7-2/h21,23,40,43,47H,6-20,22,24-39,41-42,44-46H2,1-5H3/p+1/b23-21-,43-40-. The van der Waals surface area contributed by atoms with E-state index in [4.69, 9.17) is 18.5 Å². The van der Waals surface area contributed by atoms with Crippen LogP contribution in [0.3, 0.4) is 0 Å². The van der Waals surface area contributed by atoms with Gasteiger partial charge in [0.25, 0.3) is 0 Å². The fraction of sp³-hybridized carbons (Fsp3) is 0.896. The second kappa shape index (κ2) is 41.5. The van der Waals surface area contributed by atoms with Crippen molar-refractivity contribution >= 4 is 13.8 Å². The number of carbonyl (C=O) groups excluding carboxylic acids is 1. The molecule has 338 valence electrons. The molecule has 2 atom stereocenters. The van der Waals surface area contributed by atoms with E-state index in [0.29, 0.717) is 17.4 Å². The Morgan fingerprint density at radius 1 is 0.544 bits per heavy atom. The minimum atomic E-state index is -4.27. The van der Waals surface area contributed by atoms with Gasteiger partial charge in [0.15, 0.2) is 6.10 Å². The minimum Gasteiger partial charge on any atom is -0.492 e. The highest BCUT2D eigenvalue weighted by Crippen LogP contribution is 2.43. The number of carbonyl (C=O) groups is 1. The average molecular weight is 829 g/mol.